The Morgan fingerprint density at radius 1 is 1.22 bits per heavy atom. The van der Waals surface area contributed by atoms with Gasteiger partial charge >= 0.3 is 0 Å². The largest absolute Gasteiger partial charge is 0.327 e. The van der Waals surface area contributed by atoms with Gasteiger partial charge in [0.05, 0.1) is 12.4 Å². The number of unbranched alkanes of at least 4 members (excludes halogenated alkanes) is 1. The molecule has 0 spiro atoms. The number of hydrogen-bond acceptors (Lipinski definition) is 3. The Morgan fingerprint density at radius 3 is 2.70 bits per heavy atom. The van der Waals surface area contributed by atoms with Crippen LogP contribution in [0.2, 0.25) is 0 Å². The van der Waals surface area contributed by atoms with Crippen molar-refractivity contribution in [1.82, 2.24) is 14.1 Å². The van der Waals surface area contributed by atoms with Crippen molar-refractivity contribution in [2.24, 2.45) is 0 Å². The van der Waals surface area contributed by atoms with Crippen molar-refractivity contribution in [3.63, 3.8) is 0 Å². The molecule has 0 N–H and O–H groups in total. The summed E-state index contributed by atoms with van der Waals surface area (Å²) in [5, 5.41) is 9.06. The van der Waals surface area contributed by atoms with Gasteiger partial charge in [-0.25, -0.2) is 4.98 Å². The van der Waals surface area contributed by atoms with E-state index < -0.39 is 0 Å². The number of benzene rings is 1. The lowest BCUT2D eigenvalue weighted by Crippen LogP contribution is -2.22. The molecular formula is C18H18N4O. The summed E-state index contributed by atoms with van der Waals surface area (Å²) in [6, 6.07) is 11.9. The molecule has 0 aliphatic rings. The lowest BCUT2D eigenvalue weighted by Gasteiger charge is -2.05. The first kappa shape index (κ1) is 15.0. The van der Waals surface area contributed by atoms with Gasteiger partial charge in [0.25, 0.3) is 5.56 Å². The minimum Gasteiger partial charge on any atom is -0.327 e. The maximum atomic E-state index is 12.8. The maximum Gasteiger partial charge on any atom is 0.277 e. The average Bonchev–Trinajstić information content (AvgIpc) is 2.95. The first-order chi connectivity index (χ1) is 11.3. The highest BCUT2D eigenvalue weighted by molar-refractivity contribution is 5.92. The average molecular weight is 306 g/mol. The van der Waals surface area contributed by atoms with Crippen molar-refractivity contribution in [2.45, 2.75) is 32.9 Å². The number of nitriles is 1. The van der Waals surface area contributed by atoms with Crippen LogP contribution in [0.1, 0.15) is 19.8 Å². The van der Waals surface area contributed by atoms with Crippen LogP contribution in [0.5, 0.6) is 0 Å². The summed E-state index contributed by atoms with van der Waals surface area (Å²) in [6.45, 7) is 2.87. The quantitative estimate of drug-likeness (QED) is 0.727. The lowest BCUT2D eigenvalue weighted by molar-refractivity contribution is 0.606. The van der Waals surface area contributed by atoms with Crippen molar-refractivity contribution < 1.29 is 0 Å². The molecule has 3 aromatic rings. The third-order valence-electron chi connectivity index (χ3n) is 3.92. The van der Waals surface area contributed by atoms with E-state index in [1.807, 2.05) is 36.5 Å². The summed E-state index contributed by atoms with van der Waals surface area (Å²) in [7, 11) is 0. The molecule has 0 atom stereocenters. The second kappa shape index (κ2) is 6.49. The van der Waals surface area contributed by atoms with Crippen LogP contribution in [-0.4, -0.2) is 14.1 Å². The second-order valence-corrected chi connectivity index (χ2v) is 5.49. The SMILES string of the molecule is CCCCn1cnc2c(-c3ccccc3)cn(CC#N)c2c1=O. The first-order valence-corrected chi connectivity index (χ1v) is 7.77. The summed E-state index contributed by atoms with van der Waals surface area (Å²) < 4.78 is 3.34. The Morgan fingerprint density at radius 2 is 2.00 bits per heavy atom. The van der Waals surface area contributed by atoms with Crippen LogP contribution in [0, 0.1) is 11.3 Å². The molecule has 0 unspecified atom stereocenters. The number of nitrogens with zero attached hydrogens (tertiary/aromatic N) is 4. The van der Waals surface area contributed by atoms with E-state index in [4.69, 9.17) is 5.26 Å². The zero-order valence-corrected chi connectivity index (χ0v) is 13.1. The molecule has 0 radical (unpaired) electrons. The van der Waals surface area contributed by atoms with Gasteiger partial charge < -0.3 is 4.57 Å². The molecule has 3 rings (SSSR count). The number of hydrogen-bond donors (Lipinski definition) is 0. The smallest absolute Gasteiger partial charge is 0.277 e. The predicted molar refractivity (Wildman–Crippen MR) is 90.0 cm³/mol. The van der Waals surface area contributed by atoms with E-state index in [0.717, 1.165) is 24.0 Å². The van der Waals surface area contributed by atoms with E-state index in [1.54, 1.807) is 15.5 Å². The standard InChI is InChI=1S/C18H18N4O/c1-2-3-10-22-13-20-16-15(14-7-5-4-6-8-14)12-21(11-9-19)17(16)18(22)23/h4-8,12-13H,2-3,10-11H2,1H3. The summed E-state index contributed by atoms with van der Waals surface area (Å²) in [5.41, 5.74) is 2.96. The Balaban J connectivity index is 2.23. The molecule has 1 aromatic carbocycles. The van der Waals surface area contributed by atoms with Crippen LogP contribution >= 0.6 is 0 Å². The van der Waals surface area contributed by atoms with E-state index in [1.165, 1.54) is 0 Å². The first-order valence-electron chi connectivity index (χ1n) is 7.77. The summed E-state index contributed by atoms with van der Waals surface area (Å²) in [6.07, 6.45) is 5.40. The van der Waals surface area contributed by atoms with E-state index in [2.05, 4.69) is 18.0 Å². The van der Waals surface area contributed by atoms with E-state index >= 15 is 0 Å². The third-order valence-corrected chi connectivity index (χ3v) is 3.92. The van der Waals surface area contributed by atoms with Crippen molar-refractivity contribution in [3.05, 3.63) is 53.2 Å². The summed E-state index contributed by atoms with van der Waals surface area (Å²) in [4.78, 5) is 17.3. The summed E-state index contributed by atoms with van der Waals surface area (Å²) in [5.74, 6) is 0. The van der Waals surface area contributed by atoms with Gasteiger partial charge in [0.1, 0.15) is 17.6 Å². The van der Waals surface area contributed by atoms with Gasteiger partial charge in [-0.1, -0.05) is 43.7 Å². The van der Waals surface area contributed by atoms with Gasteiger partial charge in [-0.2, -0.15) is 5.26 Å². The van der Waals surface area contributed by atoms with Gasteiger partial charge in [0, 0.05) is 18.3 Å². The van der Waals surface area contributed by atoms with Crippen LogP contribution in [0.15, 0.2) is 47.7 Å². The molecule has 0 saturated heterocycles. The van der Waals surface area contributed by atoms with E-state index in [9.17, 15) is 4.79 Å². The number of rotatable bonds is 5. The predicted octanol–water partition coefficient (Wildman–Crippen LogP) is 3.19. The normalized spacial score (nSPS) is 10.8. The highest BCUT2D eigenvalue weighted by Crippen LogP contribution is 2.27. The highest BCUT2D eigenvalue weighted by atomic mass is 16.1. The Kier molecular flexibility index (Phi) is 4.24. The van der Waals surface area contributed by atoms with Crippen LogP contribution < -0.4 is 5.56 Å². The van der Waals surface area contributed by atoms with Gasteiger partial charge in [-0.15, -0.1) is 0 Å². The minimum absolute atomic E-state index is 0.0825. The molecule has 0 amide bonds. The van der Waals surface area contributed by atoms with Gasteiger partial charge in [-0.05, 0) is 12.0 Å². The number of fused-ring (bicyclic) bond motifs is 1. The van der Waals surface area contributed by atoms with Crippen LogP contribution in [0.4, 0.5) is 0 Å². The molecule has 0 fully saturated rings. The van der Waals surface area contributed by atoms with Crippen molar-refractivity contribution in [1.29, 1.82) is 5.26 Å². The molecule has 23 heavy (non-hydrogen) atoms. The molecule has 2 heterocycles. The third kappa shape index (κ3) is 2.76. The molecule has 5 heteroatoms. The van der Waals surface area contributed by atoms with Crippen molar-refractivity contribution in [2.75, 3.05) is 0 Å². The van der Waals surface area contributed by atoms with Gasteiger partial charge in [-0.3, -0.25) is 9.36 Å². The molecule has 0 aliphatic carbocycles. The minimum atomic E-state index is -0.0825. The lowest BCUT2D eigenvalue weighted by atomic mass is 10.1. The molecule has 0 bridgehead atoms. The molecule has 0 aliphatic heterocycles. The maximum absolute atomic E-state index is 12.8. The molecule has 2 aromatic heterocycles. The number of aryl methyl sites for hydroxylation is 1. The zero-order valence-electron chi connectivity index (χ0n) is 13.1. The van der Waals surface area contributed by atoms with Crippen LogP contribution in [0.3, 0.4) is 0 Å². The fourth-order valence-electron chi connectivity index (χ4n) is 2.73. The zero-order chi connectivity index (χ0) is 16.2. The van der Waals surface area contributed by atoms with Crippen LogP contribution in [-0.2, 0) is 13.1 Å². The number of aromatic nitrogens is 3. The van der Waals surface area contributed by atoms with E-state index in [-0.39, 0.29) is 12.1 Å². The fourth-order valence-corrected chi connectivity index (χ4v) is 2.73. The molecular weight excluding hydrogens is 288 g/mol. The van der Waals surface area contributed by atoms with Crippen LogP contribution in [0.25, 0.3) is 22.2 Å². The molecule has 116 valence electrons. The Hall–Kier alpha value is -2.87. The van der Waals surface area contributed by atoms with Gasteiger partial charge in [0.15, 0.2) is 0 Å². The van der Waals surface area contributed by atoms with Gasteiger partial charge in [0.2, 0.25) is 0 Å². The van der Waals surface area contributed by atoms with Crippen molar-refractivity contribution >= 4 is 11.0 Å². The van der Waals surface area contributed by atoms with Crippen molar-refractivity contribution in [3.8, 4) is 17.2 Å². The molecule has 5 nitrogen and oxygen atoms in total. The second-order valence-electron chi connectivity index (χ2n) is 5.49. The fraction of sp³-hybridized carbons (Fsp3) is 0.278. The molecule has 0 saturated carbocycles. The topological polar surface area (TPSA) is 63.6 Å². The summed E-state index contributed by atoms with van der Waals surface area (Å²) >= 11 is 0. The monoisotopic (exact) mass is 306 g/mol. The highest BCUT2D eigenvalue weighted by Gasteiger charge is 2.15. The Labute approximate surface area is 134 Å². The van der Waals surface area contributed by atoms with E-state index in [0.29, 0.717) is 17.6 Å². The Bertz CT molecular complexity index is 916.